The SMILES string of the molecule is CCCc1ccc(-c2ccc(OCC3CCC(C(C)=O)CC3)cc2C=O)cc1. The number of aldehydes is 1. The van der Waals surface area contributed by atoms with Crippen LogP contribution in [-0.4, -0.2) is 18.7 Å². The van der Waals surface area contributed by atoms with Crippen molar-refractivity contribution in [2.45, 2.75) is 52.4 Å². The first-order valence-corrected chi connectivity index (χ1v) is 10.4. The molecule has 2 aromatic rings. The van der Waals surface area contributed by atoms with Crippen LogP contribution in [0, 0.1) is 11.8 Å². The number of Topliss-reactive ketones (excluding diaryl/α,β-unsaturated/α-hetero) is 1. The van der Waals surface area contributed by atoms with Crippen molar-refractivity contribution in [3.63, 3.8) is 0 Å². The van der Waals surface area contributed by atoms with Crippen LogP contribution >= 0.6 is 0 Å². The van der Waals surface area contributed by atoms with Gasteiger partial charge in [-0.2, -0.15) is 0 Å². The van der Waals surface area contributed by atoms with Crippen molar-refractivity contribution >= 4 is 12.1 Å². The number of ketones is 1. The Kier molecular flexibility index (Phi) is 7.02. The van der Waals surface area contributed by atoms with Crippen LogP contribution in [0.5, 0.6) is 5.75 Å². The van der Waals surface area contributed by atoms with Crippen LogP contribution in [0.15, 0.2) is 42.5 Å². The van der Waals surface area contributed by atoms with E-state index < -0.39 is 0 Å². The number of carbonyl (C=O) groups excluding carboxylic acids is 2. The molecule has 3 heteroatoms. The van der Waals surface area contributed by atoms with E-state index in [0.29, 0.717) is 23.9 Å². The zero-order valence-electron chi connectivity index (χ0n) is 16.9. The van der Waals surface area contributed by atoms with Gasteiger partial charge in [0.25, 0.3) is 0 Å². The van der Waals surface area contributed by atoms with Gasteiger partial charge in [0, 0.05) is 11.5 Å². The van der Waals surface area contributed by atoms with Crippen LogP contribution in [0.25, 0.3) is 11.1 Å². The van der Waals surface area contributed by atoms with E-state index in [1.54, 1.807) is 6.92 Å². The molecule has 0 bridgehead atoms. The topological polar surface area (TPSA) is 43.4 Å². The lowest BCUT2D eigenvalue weighted by Crippen LogP contribution is -2.23. The second kappa shape index (κ2) is 9.68. The molecule has 0 spiro atoms. The molecule has 1 aliphatic carbocycles. The number of aryl methyl sites for hydroxylation is 1. The Balaban J connectivity index is 1.63. The van der Waals surface area contributed by atoms with Crippen molar-refractivity contribution in [2.24, 2.45) is 11.8 Å². The normalized spacial score (nSPS) is 19.2. The lowest BCUT2D eigenvalue weighted by Gasteiger charge is -2.26. The third-order valence-corrected chi connectivity index (χ3v) is 5.86. The quantitative estimate of drug-likeness (QED) is 0.538. The Hall–Kier alpha value is -2.42. The summed E-state index contributed by atoms with van der Waals surface area (Å²) in [6.07, 6.45) is 7.11. The van der Waals surface area contributed by atoms with Crippen LogP contribution in [0.3, 0.4) is 0 Å². The summed E-state index contributed by atoms with van der Waals surface area (Å²) in [4.78, 5) is 23.1. The average molecular weight is 379 g/mol. The predicted octanol–water partition coefficient (Wildman–Crippen LogP) is 5.89. The van der Waals surface area contributed by atoms with Crippen molar-refractivity contribution in [3.05, 3.63) is 53.6 Å². The van der Waals surface area contributed by atoms with E-state index >= 15 is 0 Å². The van der Waals surface area contributed by atoms with Gasteiger partial charge >= 0.3 is 0 Å². The number of rotatable bonds is 8. The van der Waals surface area contributed by atoms with Crippen LogP contribution in [0.2, 0.25) is 0 Å². The fraction of sp³-hybridized carbons (Fsp3) is 0.440. The highest BCUT2D eigenvalue weighted by Crippen LogP contribution is 2.31. The van der Waals surface area contributed by atoms with E-state index in [1.165, 1.54) is 5.56 Å². The number of benzene rings is 2. The molecule has 1 saturated carbocycles. The molecule has 148 valence electrons. The van der Waals surface area contributed by atoms with Crippen LogP contribution in [-0.2, 0) is 11.2 Å². The van der Waals surface area contributed by atoms with Crippen molar-refractivity contribution in [1.29, 1.82) is 0 Å². The molecular formula is C25H30O3. The van der Waals surface area contributed by atoms with E-state index in [0.717, 1.165) is 61.7 Å². The molecule has 0 N–H and O–H groups in total. The minimum Gasteiger partial charge on any atom is -0.493 e. The lowest BCUT2D eigenvalue weighted by molar-refractivity contribution is -0.121. The van der Waals surface area contributed by atoms with Gasteiger partial charge in [-0.05, 0) is 79.8 Å². The largest absolute Gasteiger partial charge is 0.493 e. The molecule has 28 heavy (non-hydrogen) atoms. The van der Waals surface area contributed by atoms with E-state index in [-0.39, 0.29) is 5.92 Å². The molecule has 0 radical (unpaired) electrons. The molecule has 0 amide bonds. The minimum absolute atomic E-state index is 0.237. The molecule has 3 rings (SSSR count). The Labute approximate surface area is 168 Å². The van der Waals surface area contributed by atoms with E-state index in [2.05, 4.69) is 31.2 Å². The van der Waals surface area contributed by atoms with Gasteiger partial charge in [-0.1, -0.05) is 37.6 Å². The first-order chi connectivity index (χ1) is 13.6. The molecule has 0 atom stereocenters. The van der Waals surface area contributed by atoms with Crippen LogP contribution in [0.1, 0.15) is 61.9 Å². The Morgan fingerprint density at radius 2 is 1.79 bits per heavy atom. The third-order valence-electron chi connectivity index (χ3n) is 5.86. The summed E-state index contributed by atoms with van der Waals surface area (Å²) >= 11 is 0. The zero-order valence-corrected chi connectivity index (χ0v) is 16.9. The van der Waals surface area contributed by atoms with Crippen molar-refractivity contribution in [2.75, 3.05) is 6.61 Å². The predicted molar refractivity (Wildman–Crippen MR) is 113 cm³/mol. The highest BCUT2D eigenvalue weighted by atomic mass is 16.5. The van der Waals surface area contributed by atoms with Crippen LogP contribution in [0.4, 0.5) is 0 Å². The van der Waals surface area contributed by atoms with E-state index in [1.807, 2.05) is 18.2 Å². The first kappa shape index (κ1) is 20.3. The maximum Gasteiger partial charge on any atom is 0.150 e. The second-order valence-electron chi connectivity index (χ2n) is 7.95. The minimum atomic E-state index is 0.237. The molecule has 0 saturated heterocycles. The Morgan fingerprint density at radius 3 is 2.39 bits per heavy atom. The van der Waals surface area contributed by atoms with Crippen LogP contribution < -0.4 is 4.74 Å². The molecule has 3 nitrogen and oxygen atoms in total. The summed E-state index contributed by atoms with van der Waals surface area (Å²) in [5.74, 6) is 1.78. The zero-order chi connectivity index (χ0) is 19.9. The average Bonchev–Trinajstić information content (AvgIpc) is 2.73. The molecule has 0 heterocycles. The number of hydrogen-bond donors (Lipinski definition) is 0. The highest BCUT2D eigenvalue weighted by Gasteiger charge is 2.24. The molecule has 0 aromatic heterocycles. The molecular weight excluding hydrogens is 348 g/mol. The van der Waals surface area contributed by atoms with Gasteiger partial charge in [0.2, 0.25) is 0 Å². The maximum absolute atomic E-state index is 11.6. The van der Waals surface area contributed by atoms with Crippen molar-refractivity contribution in [3.8, 4) is 16.9 Å². The summed E-state index contributed by atoms with van der Waals surface area (Å²) in [5, 5.41) is 0. The molecule has 1 aliphatic rings. The fourth-order valence-electron chi connectivity index (χ4n) is 4.08. The summed E-state index contributed by atoms with van der Waals surface area (Å²) in [6, 6.07) is 14.2. The van der Waals surface area contributed by atoms with Crippen molar-refractivity contribution in [1.82, 2.24) is 0 Å². The highest BCUT2D eigenvalue weighted by molar-refractivity contribution is 5.88. The van der Waals surface area contributed by atoms with Gasteiger partial charge in [-0.15, -0.1) is 0 Å². The van der Waals surface area contributed by atoms with Gasteiger partial charge in [0.05, 0.1) is 6.61 Å². The smallest absolute Gasteiger partial charge is 0.150 e. The fourth-order valence-corrected chi connectivity index (χ4v) is 4.08. The van der Waals surface area contributed by atoms with Gasteiger partial charge in [-0.3, -0.25) is 9.59 Å². The summed E-state index contributed by atoms with van der Waals surface area (Å²) < 4.78 is 5.98. The third kappa shape index (κ3) is 5.09. The lowest BCUT2D eigenvalue weighted by atomic mass is 9.81. The first-order valence-electron chi connectivity index (χ1n) is 10.4. The van der Waals surface area contributed by atoms with E-state index in [4.69, 9.17) is 4.74 Å². The second-order valence-corrected chi connectivity index (χ2v) is 7.95. The molecule has 0 unspecified atom stereocenters. The Bertz CT molecular complexity index is 799. The molecule has 2 aromatic carbocycles. The van der Waals surface area contributed by atoms with Crippen molar-refractivity contribution < 1.29 is 14.3 Å². The maximum atomic E-state index is 11.6. The summed E-state index contributed by atoms with van der Waals surface area (Å²) in [7, 11) is 0. The number of ether oxygens (including phenoxy) is 1. The molecule has 1 fully saturated rings. The van der Waals surface area contributed by atoms with Gasteiger partial charge < -0.3 is 4.74 Å². The standard InChI is InChI=1S/C25H30O3/c1-3-4-19-5-11-22(12-6-19)25-14-13-24(15-23(25)16-26)28-17-20-7-9-21(10-8-20)18(2)27/h5-6,11-16,20-21H,3-4,7-10,17H2,1-2H3. The monoisotopic (exact) mass is 378 g/mol. The van der Waals surface area contributed by atoms with Gasteiger partial charge in [0.15, 0.2) is 6.29 Å². The molecule has 0 aliphatic heterocycles. The number of carbonyl (C=O) groups is 2. The Morgan fingerprint density at radius 1 is 1.07 bits per heavy atom. The van der Waals surface area contributed by atoms with Gasteiger partial charge in [0.1, 0.15) is 11.5 Å². The van der Waals surface area contributed by atoms with Gasteiger partial charge in [-0.25, -0.2) is 0 Å². The number of hydrogen-bond acceptors (Lipinski definition) is 3. The summed E-state index contributed by atoms with van der Waals surface area (Å²) in [6.45, 7) is 4.52. The summed E-state index contributed by atoms with van der Waals surface area (Å²) in [5.41, 5.74) is 3.96. The van der Waals surface area contributed by atoms with E-state index in [9.17, 15) is 9.59 Å².